The molecule has 0 bridgehead atoms. The number of hydrogen-bond donors (Lipinski definition) is 2. The van der Waals surface area contributed by atoms with Gasteiger partial charge in [0, 0.05) is 26.2 Å². The van der Waals surface area contributed by atoms with Crippen molar-refractivity contribution in [2.24, 2.45) is 0 Å². The van der Waals surface area contributed by atoms with Crippen molar-refractivity contribution in [3.8, 4) is 0 Å². The lowest BCUT2D eigenvalue weighted by Gasteiger charge is -2.27. The first-order valence-electron chi connectivity index (χ1n) is 6.91. The van der Waals surface area contributed by atoms with E-state index < -0.39 is 12.2 Å². The summed E-state index contributed by atoms with van der Waals surface area (Å²) in [5.74, 6) is 0.997. The first-order chi connectivity index (χ1) is 9.63. The molecule has 8 heteroatoms. The van der Waals surface area contributed by atoms with E-state index in [9.17, 15) is 10.2 Å². The highest BCUT2D eigenvalue weighted by Gasteiger charge is 2.31. The molecule has 1 aromatic rings. The van der Waals surface area contributed by atoms with Gasteiger partial charge in [0.25, 0.3) is 0 Å². The second-order valence-electron chi connectivity index (χ2n) is 5.29. The van der Waals surface area contributed by atoms with Gasteiger partial charge in [-0.3, -0.25) is 0 Å². The van der Waals surface area contributed by atoms with E-state index in [1.54, 1.807) is 4.90 Å². The van der Waals surface area contributed by atoms with Crippen molar-refractivity contribution in [3.63, 3.8) is 0 Å². The predicted molar refractivity (Wildman–Crippen MR) is 75.1 cm³/mol. The van der Waals surface area contributed by atoms with Gasteiger partial charge in [-0.15, -0.1) is 0 Å². The van der Waals surface area contributed by atoms with Crippen molar-refractivity contribution < 1.29 is 10.2 Å². The Balaban J connectivity index is 1.83. The zero-order valence-corrected chi connectivity index (χ0v) is 11.9. The third-order valence-corrected chi connectivity index (χ3v) is 3.93. The molecule has 3 rings (SSSR count). The minimum Gasteiger partial charge on any atom is -0.388 e. The second-order valence-corrected chi connectivity index (χ2v) is 5.63. The van der Waals surface area contributed by atoms with Crippen LogP contribution in [0.3, 0.4) is 0 Å². The maximum Gasteiger partial charge on any atom is 0.231 e. The largest absolute Gasteiger partial charge is 0.388 e. The average molecular weight is 300 g/mol. The van der Waals surface area contributed by atoms with E-state index in [4.69, 9.17) is 11.6 Å². The first kappa shape index (κ1) is 13.8. The number of β-amino-alcohol motifs (C(OH)–C–C–N with tert-alkyl or cyclic N) is 2. The molecule has 2 N–H and O–H groups in total. The van der Waals surface area contributed by atoms with Crippen LogP contribution in [0, 0.1) is 0 Å². The molecule has 0 amide bonds. The molecule has 110 valence electrons. The molecule has 2 fully saturated rings. The van der Waals surface area contributed by atoms with Gasteiger partial charge >= 0.3 is 0 Å². The fourth-order valence-corrected chi connectivity index (χ4v) is 2.79. The highest BCUT2D eigenvalue weighted by Crippen LogP contribution is 2.22. The van der Waals surface area contributed by atoms with Gasteiger partial charge in [0.1, 0.15) is 0 Å². The minimum atomic E-state index is -0.774. The van der Waals surface area contributed by atoms with Crippen LogP contribution in [-0.2, 0) is 0 Å². The van der Waals surface area contributed by atoms with Gasteiger partial charge in [-0.2, -0.15) is 15.0 Å². The summed E-state index contributed by atoms with van der Waals surface area (Å²) in [7, 11) is 0. The van der Waals surface area contributed by atoms with Gasteiger partial charge in [0.2, 0.25) is 17.2 Å². The number of piperidine rings is 1. The molecule has 0 saturated carbocycles. The number of aromatic nitrogens is 3. The van der Waals surface area contributed by atoms with Crippen LogP contribution >= 0.6 is 11.6 Å². The van der Waals surface area contributed by atoms with Crippen molar-refractivity contribution >= 4 is 23.5 Å². The normalized spacial score (nSPS) is 27.1. The highest BCUT2D eigenvalue weighted by molar-refractivity contribution is 6.28. The molecule has 2 saturated heterocycles. The van der Waals surface area contributed by atoms with Crippen molar-refractivity contribution in [2.45, 2.75) is 31.5 Å². The Morgan fingerprint density at radius 1 is 0.850 bits per heavy atom. The molecule has 2 aliphatic rings. The summed E-state index contributed by atoms with van der Waals surface area (Å²) >= 11 is 5.98. The Morgan fingerprint density at radius 3 is 2.00 bits per heavy atom. The van der Waals surface area contributed by atoms with Crippen LogP contribution in [0.15, 0.2) is 0 Å². The average Bonchev–Trinajstić information content (AvgIpc) is 2.79. The molecule has 3 heterocycles. The molecule has 2 unspecified atom stereocenters. The summed E-state index contributed by atoms with van der Waals surface area (Å²) in [4.78, 5) is 16.5. The molecule has 2 aliphatic heterocycles. The Morgan fingerprint density at radius 2 is 1.40 bits per heavy atom. The maximum absolute atomic E-state index is 9.61. The Hall–Kier alpha value is -1.18. The zero-order valence-electron chi connectivity index (χ0n) is 11.1. The predicted octanol–water partition coefficient (Wildman–Crippen LogP) is 0.0571. The number of nitrogens with zero attached hydrogens (tertiary/aromatic N) is 5. The van der Waals surface area contributed by atoms with Crippen LogP contribution < -0.4 is 9.80 Å². The molecule has 0 spiro atoms. The van der Waals surface area contributed by atoms with Crippen LogP contribution in [0.2, 0.25) is 5.28 Å². The van der Waals surface area contributed by atoms with Crippen LogP contribution in [-0.4, -0.2) is 63.6 Å². The summed E-state index contributed by atoms with van der Waals surface area (Å²) < 4.78 is 0. The molecular formula is C12H18ClN5O2. The van der Waals surface area contributed by atoms with Gasteiger partial charge in [0.05, 0.1) is 12.2 Å². The summed E-state index contributed by atoms with van der Waals surface area (Å²) in [6, 6.07) is 0. The summed E-state index contributed by atoms with van der Waals surface area (Å²) in [6.45, 7) is 2.46. The van der Waals surface area contributed by atoms with Crippen LogP contribution in [0.1, 0.15) is 19.3 Å². The summed E-state index contributed by atoms with van der Waals surface area (Å²) in [5, 5.41) is 19.4. The number of rotatable bonds is 2. The van der Waals surface area contributed by atoms with Crippen LogP contribution in [0.5, 0.6) is 0 Å². The van der Waals surface area contributed by atoms with E-state index >= 15 is 0 Å². The molecule has 7 nitrogen and oxygen atoms in total. The van der Waals surface area contributed by atoms with Gasteiger partial charge in [-0.1, -0.05) is 0 Å². The SMILES string of the molecule is OC1CN(c2nc(Cl)nc(N3CCCCC3)n2)CC1O. The van der Waals surface area contributed by atoms with E-state index in [0.29, 0.717) is 25.0 Å². The monoisotopic (exact) mass is 299 g/mol. The Labute approximate surface area is 122 Å². The third-order valence-electron chi connectivity index (χ3n) is 3.77. The van der Waals surface area contributed by atoms with E-state index in [-0.39, 0.29) is 5.28 Å². The lowest BCUT2D eigenvalue weighted by molar-refractivity contribution is 0.0572. The number of aliphatic hydroxyl groups excluding tert-OH is 2. The topological polar surface area (TPSA) is 85.6 Å². The second kappa shape index (κ2) is 5.67. The van der Waals surface area contributed by atoms with Crippen LogP contribution in [0.25, 0.3) is 0 Å². The van der Waals surface area contributed by atoms with Gasteiger partial charge in [0.15, 0.2) is 0 Å². The van der Waals surface area contributed by atoms with Crippen molar-refractivity contribution in [3.05, 3.63) is 5.28 Å². The fraction of sp³-hybridized carbons (Fsp3) is 0.750. The van der Waals surface area contributed by atoms with Crippen molar-refractivity contribution in [1.82, 2.24) is 15.0 Å². The van der Waals surface area contributed by atoms with E-state index in [2.05, 4.69) is 19.9 Å². The van der Waals surface area contributed by atoms with E-state index in [1.807, 2.05) is 0 Å². The summed E-state index contributed by atoms with van der Waals surface area (Å²) in [5.41, 5.74) is 0. The molecule has 20 heavy (non-hydrogen) atoms. The zero-order chi connectivity index (χ0) is 14.1. The number of anilines is 2. The minimum absolute atomic E-state index is 0.145. The van der Waals surface area contributed by atoms with Crippen molar-refractivity contribution in [2.75, 3.05) is 36.0 Å². The van der Waals surface area contributed by atoms with E-state index in [1.165, 1.54) is 6.42 Å². The van der Waals surface area contributed by atoms with Crippen LogP contribution in [0.4, 0.5) is 11.9 Å². The fourth-order valence-electron chi connectivity index (χ4n) is 2.64. The molecule has 2 atom stereocenters. The Bertz CT molecular complexity index is 473. The third kappa shape index (κ3) is 2.79. The van der Waals surface area contributed by atoms with Gasteiger partial charge in [-0.05, 0) is 30.9 Å². The molecular weight excluding hydrogens is 282 g/mol. The van der Waals surface area contributed by atoms with Gasteiger partial charge in [-0.25, -0.2) is 0 Å². The number of aliphatic hydroxyl groups is 2. The summed E-state index contributed by atoms with van der Waals surface area (Å²) in [6.07, 6.45) is 1.93. The van der Waals surface area contributed by atoms with Crippen molar-refractivity contribution in [1.29, 1.82) is 0 Å². The maximum atomic E-state index is 9.61. The number of hydrogen-bond acceptors (Lipinski definition) is 7. The molecule has 0 aliphatic carbocycles. The lowest BCUT2D eigenvalue weighted by atomic mass is 10.1. The van der Waals surface area contributed by atoms with E-state index in [0.717, 1.165) is 25.9 Å². The first-order valence-corrected chi connectivity index (χ1v) is 7.29. The Kier molecular flexibility index (Phi) is 3.91. The standard InChI is InChI=1S/C12H18ClN5O2/c13-10-14-11(17-4-2-1-3-5-17)16-12(15-10)18-6-8(19)9(20)7-18/h8-9,19-20H,1-7H2. The smallest absolute Gasteiger partial charge is 0.231 e. The molecule has 0 radical (unpaired) electrons. The highest BCUT2D eigenvalue weighted by atomic mass is 35.5. The number of halogens is 1. The molecule has 0 aromatic carbocycles. The lowest BCUT2D eigenvalue weighted by Crippen LogP contribution is -2.32. The molecule has 1 aromatic heterocycles. The van der Waals surface area contributed by atoms with Gasteiger partial charge < -0.3 is 20.0 Å². The quantitative estimate of drug-likeness (QED) is 0.798.